The minimum absolute atomic E-state index is 0.0589. The van der Waals surface area contributed by atoms with Crippen LogP contribution in [0.25, 0.3) is 0 Å². The molecule has 15 heavy (non-hydrogen) atoms. The van der Waals surface area contributed by atoms with Crippen molar-refractivity contribution in [2.75, 3.05) is 7.11 Å². The summed E-state index contributed by atoms with van der Waals surface area (Å²) in [6.45, 7) is 1.41. The van der Waals surface area contributed by atoms with Crippen molar-refractivity contribution in [3.8, 4) is 0 Å². The normalized spacial score (nSPS) is 36.5. The molecular formula is C11H18O4. The van der Waals surface area contributed by atoms with Gasteiger partial charge in [-0.15, -0.1) is 0 Å². The SMILES string of the molecule is COC1CC(C(C)(O)C(=O)O)C12CCC2. The van der Waals surface area contributed by atoms with Gasteiger partial charge in [-0.2, -0.15) is 0 Å². The Kier molecular flexibility index (Phi) is 2.32. The molecule has 0 aromatic rings. The largest absolute Gasteiger partial charge is 0.479 e. The van der Waals surface area contributed by atoms with Gasteiger partial charge in [-0.3, -0.25) is 0 Å². The minimum Gasteiger partial charge on any atom is -0.479 e. The summed E-state index contributed by atoms with van der Waals surface area (Å²) in [5, 5.41) is 19.0. The summed E-state index contributed by atoms with van der Waals surface area (Å²) in [4.78, 5) is 11.0. The first-order valence-corrected chi connectivity index (χ1v) is 5.43. The van der Waals surface area contributed by atoms with E-state index >= 15 is 0 Å². The lowest BCUT2D eigenvalue weighted by molar-refractivity contribution is -0.242. The van der Waals surface area contributed by atoms with E-state index in [-0.39, 0.29) is 17.4 Å². The predicted molar refractivity (Wildman–Crippen MR) is 53.4 cm³/mol. The van der Waals surface area contributed by atoms with E-state index in [0.717, 1.165) is 19.3 Å². The summed E-state index contributed by atoms with van der Waals surface area (Å²) in [7, 11) is 1.66. The lowest BCUT2D eigenvalue weighted by atomic mass is 9.44. The summed E-state index contributed by atoms with van der Waals surface area (Å²) in [6, 6.07) is 0. The molecule has 0 saturated heterocycles. The van der Waals surface area contributed by atoms with E-state index < -0.39 is 11.6 Å². The zero-order valence-corrected chi connectivity index (χ0v) is 9.19. The van der Waals surface area contributed by atoms with Gasteiger partial charge in [-0.1, -0.05) is 6.42 Å². The van der Waals surface area contributed by atoms with Crippen molar-refractivity contribution in [3.05, 3.63) is 0 Å². The molecule has 3 atom stereocenters. The Morgan fingerprint density at radius 3 is 2.47 bits per heavy atom. The van der Waals surface area contributed by atoms with Crippen molar-refractivity contribution in [1.82, 2.24) is 0 Å². The van der Waals surface area contributed by atoms with Crippen LogP contribution in [0.5, 0.6) is 0 Å². The second-order valence-corrected chi connectivity index (χ2v) is 5.05. The lowest BCUT2D eigenvalue weighted by Crippen LogP contribution is -2.66. The van der Waals surface area contributed by atoms with Crippen molar-refractivity contribution in [3.63, 3.8) is 0 Å². The smallest absolute Gasteiger partial charge is 0.335 e. The maximum atomic E-state index is 11.0. The van der Waals surface area contributed by atoms with E-state index in [1.807, 2.05) is 0 Å². The second kappa shape index (κ2) is 3.19. The van der Waals surface area contributed by atoms with Crippen molar-refractivity contribution in [2.24, 2.45) is 11.3 Å². The fraction of sp³-hybridized carbons (Fsp3) is 0.909. The summed E-state index contributed by atoms with van der Waals surface area (Å²) in [5.74, 6) is -1.27. The first kappa shape index (κ1) is 10.9. The molecule has 0 heterocycles. The number of hydrogen-bond acceptors (Lipinski definition) is 3. The highest BCUT2D eigenvalue weighted by molar-refractivity contribution is 5.77. The molecule has 4 heteroatoms. The highest BCUT2D eigenvalue weighted by atomic mass is 16.5. The quantitative estimate of drug-likeness (QED) is 0.736. The monoisotopic (exact) mass is 214 g/mol. The van der Waals surface area contributed by atoms with Gasteiger partial charge in [-0.05, 0) is 26.2 Å². The summed E-state index contributed by atoms with van der Waals surface area (Å²) >= 11 is 0. The zero-order chi connectivity index (χ0) is 11.3. The Hall–Kier alpha value is -0.610. The van der Waals surface area contributed by atoms with Crippen molar-refractivity contribution in [1.29, 1.82) is 0 Å². The van der Waals surface area contributed by atoms with Crippen LogP contribution in [0.15, 0.2) is 0 Å². The number of rotatable bonds is 3. The molecule has 2 fully saturated rings. The van der Waals surface area contributed by atoms with Crippen LogP contribution in [0.2, 0.25) is 0 Å². The maximum absolute atomic E-state index is 11.0. The average Bonchev–Trinajstić information content (AvgIpc) is 1.99. The number of carboxylic acid groups (broad SMARTS) is 1. The summed E-state index contributed by atoms with van der Waals surface area (Å²) in [6.07, 6.45) is 3.89. The minimum atomic E-state index is -1.60. The third-order valence-electron chi connectivity index (χ3n) is 4.47. The molecule has 0 amide bonds. The van der Waals surface area contributed by atoms with Gasteiger partial charge in [0.2, 0.25) is 0 Å². The molecule has 3 unspecified atom stereocenters. The Morgan fingerprint density at radius 1 is 1.53 bits per heavy atom. The molecule has 0 radical (unpaired) electrons. The highest BCUT2D eigenvalue weighted by Gasteiger charge is 2.65. The van der Waals surface area contributed by atoms with Crippen LogP contribution in [0.1, 0.15) is 32.6 Å². The van der Waals surface area contributed by atoms with E-state index in [4.69, 9.17) is 9.84 Å². The molecule has 0 aromatic carbocycles. The van der Waals surface area contributed by atoms with Crippen LogP contribution in [0, 0.1) is 11.3 Å². The Balaban J connectivity index is 2.16. The van der Waals surface area contributed by atoms with Gasteiger partial charge in [0.15, 0.2) is 5.60 Å². The molecule has 0 aliphatic heterocycles. The Morgan fingerprint density at radius 2 is 2.13 bits per heavy atom. The van der Waals surface area contributed by atoms with Crippen LogP contribution >= 0.6 is 0 Å². The predicted octanol–water partition coefficient (Wildman–Crippen LogP) is 1.03. The number of carbonyl (C=O) groups is 1. The standard InChI is InChI=1S/C11H18O4/c1-10(14,9(12)13)7-6-8(15-2)11(7)4-3-5-11/h7-8,14H,3-6H2,1-2H3,(H,12,13). The summed E-state index contributed by atoms with van der Waals surface area (Å²) < 4.78 is 5.35. The van der Waals surface area contributed by atoms with Crippen molar-refractivity contribution in [2.45, 2.75) is 44.3 Å². The molecule has 2 N–H and O–H groups in total. The third kappa shape index (κ3) is 1.24. The fourth-order valence-electron chi connectivity index (χ4n) is 3.27. The van der Waals surface area contributed by atoms with Crippen LogP contribution in [0.4, 0.5) is 0 Å². The first-order chi connectivity index (χ1) is 6.95. The molecule has 0 aromatic heterocycles. The molecule has 2 aliphatic carbocycles. The average molecular weight is 214 g/mol. The lowest BCUT2D eigenvalue weighted by Gasteiger charge is -2.63. The van der Waals surface area contributed by atoms with Crippen molar-refractivity contribution < 1.29 is 19.7 Å². The number of ether oxygens (including phenoxy) is 1. The molecule has 2 rings (SSSR count). The van der Waals surface area contributed by atoms with Gasteiger partial charge in [0.05, 0.1) is 6.10 Å². The molecule has 2 saturated carbocycles. The van der Waals surface area contributed by atoms with Gasteiger partial charge in [0.1, 0.15) is 0 Å². The number of carboxylic acids is 1. The Labute approximate surface area is 89.2 Å². The van der Waals surface area contributed by atoms with Crippen LogP contribution in [-0.4, -0.2) is 35.0 Å². The van der Waals surface area contributed by atoms with Crippen LogP contribution in [0.3, 0.4) is 0 Å². The fourth-order valence-corrected chi connectivity index (χ4v) is 3.27. The van der Waals surface area contributed by atoms with E-state index in [9.17, 15) is 9.90 Å². The maximum Gasteiger partial charge on any atom is 0.335 e. The number of methoxy groups -OCH3 is 1. The van der Waals surface area contributed by atoms with Gasteiger partial charge < -0.3 is 14.9 Å². The van der Waals surface area contributed by atoms with E-state index in [2.05, 4.69) is 0 Å². The topological polar surface area (TPSA) is 66.8 Å². The number of hydrogen-bond donors (Lipinski definition) is 2. The Bertz CT molecular complexity index is 280. The summed E-state index contributed by atoms with van der Waals surface area (Å²) in [5.41, 5.74) is -1.66. The van der Waals surface area contributed by atoms with Crippen LogP contribution in [-0.2, 0) is 9.53 Å². The number of aliphatic hydroxyl groups is 1. The van der Waals surface area contributed by atoms with Gasteiger partial charge >= 0.3 is 5.97 Å². The van der Waals surface area contributed by atoms with E-state index in [1.54, 1.807) is 7.11 Å². The van der Waals surface area contributed by atoms with E-state index in [0.29, 0.717) is 6.42 Å². The third-order valence-corrected chi connectivity index (χ3v) is 4.47. The van der Waals surface area contributed by atoms with Gasteiger partial charge in [0, 0.05) is 18.4 Å². The van der Waals surface area contributed by atoms with Gasteiger partial charge in [0.25, 0.3) is 0 Å². The molecule has 2 aliphatic rings. The number of aliphatic carboxylic acids is 1. The molecule has 0 bridgehead atoms. The highest BCUT2D eigenvalue weighted by Crippen LogP contribution is 2.63. The second-order valence-electron chi connectivity index (χ2n) is 5.05. The first-order valence-electron chi connectivity index (χ1n) is 5.43. The van der Waals surface area contributed by atoms with E-state index in [1.165, 1.54) is 6.92 Å². The van der Waals surface area contributed by atoms with Crippen molar-refractivity contribution >= 4 is 5.97 Å². The zero-order valence-electron chi connectivity index (χ0n) is 9.19. The van der Waals surface area contributed by atoms with Gasteiger partial charge in [-0.25, -0.2) is 4.79 Å². The molecule has 86 valence electrons. The molecule has 1 spiro atoms. The molecular weight excluding hydrogens is 196 g/mol. The molecule has 4 nitrogen and oxygen atoms in total. The van der Waals surface area contributed by atoms with Crippen LogP contribution < -0.4 is 0 Å².